The third-order valence-corrected chi connectivity index (χ3v) is 3.73. The van der Waals surface area contributed by atoms with Crippen LogP contribution in [0.5, 0.6) is 0 Å². The summed E-state index contributed by atoms with van der Waals surface area (Å²) in [6, 6.07) is 0. The summed E-state index contributed by atoms with van der Waals surface area (Å²) in [7, 11) is 0. The number of hydrogen-bond donors (Lipinski definition) is 0. The molecule has 0 amide bonds. The predicted molar refractivity (Wildman–Crippen MR) is 50.0 cm³/mol. The van der Waals surface area contributed by atoms with Gasteiger partial charge in [0.2, 0.25) is 0 Å². The Bertz CT molecular complexity index is 219. The third kappa shape index (κ3) is 0.832. The van der Waals surface area contributed by atoms with Crippen molar-refractivity contribution in [1.29, 1.82) is 0 Å². The quantitative estimate of drug-likeness (QED) is 0.544. The molecule has 2 fully saturated rings. The minimum Gasteiger partial charge on any atom is -0.368 e. The Hall–Kier alpha value is -0.300. The van der Waals surface area contributed by atoms with Crippen molar-refractivity contribution in [3.63, 3.8) is 0 Å². The van der Waals surface area contributed by atoms with E-state index >= 15 is 0 Å². The smallest absolute Gasteiger partial charge is 0.0727 e. The first-order valence-electron chi connectivity index (χ1n) is 4.82. The molecule has 3 unspecified atom stereocenters. The molecular weight excluding hydrogens is 148 g/mol. The molecule has 1 saturated carbocycles. The van der Waals surface area contributed by atoms with Crippen LogP contribution in [-0.4, -0.2) is 11.2 Å². The monoisotopic (exact) mass is 166 g/mol. The Morgan fingerprint density at radius 3 is 2.33 bits per heavy atom. The molecule has 68 valence electrons. The van der Waals surface area contributed by atoms with Gasteiger partial charge in [-0.25, -0.2) is 0 Å². The lowest BCUT2D eigenvalue weighted by Crippen LogP contribution is -2.35. The number of fused-ring (bicyclic) bond motifs is 2. The van der Waals surface area contributed by atoms with Crippen LogP contribution in [0.4, 0.5) is 0 Å². The van der Waals surface area contributed by atoms with E-state index in [1.807, 2.05) is 0 Å². The summed E-state index contributed by atoms with van der Waals surface area (Å²) in [5, 5.41) is 0. The highest BCUT2D eigenvalue weighted by Gasteiger charge is 2.59. The molecule has 2 aliphatic rings. The minimum absolute atomic E-state index is 0.0753. The molecule has 1 heteroatoms. The highest BCUT2D eigenvalue weighted by molar-refractivity contribution is 5.13. The normalized spacial score (nSPS) is 49.6. The SMILES string of the molecule is C=CC1C2CCC1(C)OC2(C)C. The summed E-state index contributed by atoms with van der Waals surface area (Å²) in [4.78, 5) is 0. The van der Waals surface area contributed by atoms with Gasteiger partial charge in [0.05, 0.1) is 11.2 Å². The molecule has 0 aromatic carbocycles. The van der Waals surface area contributed by atoms with E-state index in [-0.39, 0.29) is 11.2 Å². The van der Waals surface area contributed by atoms with Crippen LogP contribution in [0.3, 0.4) is 0 Å². The van der Waals surface area contributed by atoms with Crippen molar-refractivity contribution in [2.45, 2.75) is 44.8 Å². The molecule has 3 atom stereocenters. The van der Waals surface area contributed by atoms with E-state index in [4.69, 9.17) is 4.74 Å². The van der Waals surface area contributed by atoms with Crippen LogP contribution < -0.4 is 0 Å². The highest BCUT2D eigenvalue weighted by Crippen LogP contribution is 2.57. The van der Waals surface area contributed by atoms with Gasteiger partial charge in [-0.2, -0.15) is 0 Å². The van der Waals surface area contributed by atoms with E-state index < -0.39 is 0 Å². The zero-order valence-corrected chi connectivity index (χ0v) is 8.26. The summed E-state index contributed by atoms with van der Waals surface area (Å²) in [6.07, 6.45) is 4.60. The first kappa shape index (κ1) is 8.31. The average Bonchev–Trinajstić information content (AvgIpc) is 2.32. The molecule has 0 spiro atoms. The summed E-state index contributed by atoms with van der Waals surface area (Å²) in [5.74, 6) is 1.27. The van der Waals surface area contributed by atoms with Crippen LogP contribution in [0.2, 0.25) is 0 Å². The van der Waals surface area contributed by atoms with Gasteiger partial charge in [0.15, 0.2) is 0 Å². The van der Waals surface area contributed by atoms with Gasteiger partial charge in [0.25, 0.3) is 0 Å². The molecule has 0 aromatic rings. The van der Waals surface area contributed by atoms with Crippen LogP contribution in [0.1, 0.15) is 33.6 Å². The van der Waals surface area contributed by atoms with Gasteiger partial charge in [-0.3, -0.25) is 0 Å². The maximum Gasteiger partial charge on any atom is 0.0727 e. The molecule has 1 aliphatic heterocycles. The molecule has 0 aromatic heterocycles. The molecule has 1 heterocycles. The van der Waals surface area contributed by atoms with E-state index in [2.05, 4.69) is 33.4 Å². The summed E-state index contributed by atoms with van der Waals surface area (Å²) in [5.41, 5.74) is 0.168. The minimum atomic E-state index is 0.0753. The molecule has 0 N–H and O–H groups in total. The number of ether oxygens (including phenoxy) is 1. The van der Waals surface area contributed by atoms with E-state index in [0.717, 1.165) is 0 Å². The van der Waals surface area contributed by atoms with Crippen molar-refractivity contribution in [3.05, 3.63) is 12.7 Å². The maximum atomic E-state index is 6.07. The lowest BCUT2D eigenvalue weighted by atomic mass is 9.83. The van der Waals surface area contributed by atoms with Crippen LogP contribution >= 0.6 is 0 Å². The maximum absolute atomic E-state index is 6.07. The summed E-state index contributed by atoms with van der Waals surface area (Å²) < 4.78 is 6.07. The Morgan fingerprint density at radius 1 is 1.42 bits per heavy atom. The fourth-order valence-corrected chi connectivity index (χ4v) is 3.20. The predicted octanol–water partition coefficient (Wildman–Crippen LogP) is 2.77. The van der Waals surface area contributed by atoms with Gasteiger partial charge in [0, 0.05) is 5.92 Å². The molecule has 1 saturated heterocycles. The molecule has 1 nitrogen and oxygen atoms in total. The lowest BCUT2D eigenvalue weighted by Gasteiger charge is -2.33. The molecule has 2 rings (SSSR count). The lowest BCUT2D eigenvalue weighted by molar-refractivity contribution is -0.113. The van der Waals surface area contributed by atoms with Crippen molar-refractivity contribution in [1.82, 2.24) is 0 Å². The summed E-state index contributed by atoms with van der Waals surface area (Å²) >= 11 is 0. The van der Waals surface area contributed by atoms with Crippen molar-refractivity contribution in [2.24, 2.45) is 11.8 Å². The second-order valence-electron chi connectivity index (χ2n) is 4.92. The Balaban J connectivity index is 2.35. The molecule has 0 radical (unpaired) electrons. The third-order valence-electron chi connectivity index (χ3n) is 3.73. The van der Waals surface area contributed by atoms with Crippen molar-refractivity contribution >= 4 is 0 Å². The van der Waals surface area contributed by atoms with Gasteiger partial charge >= 0.3 is 0 Å². The Kier molecular flexibility index (Phi) is 1.48. The molecule has 12 heavy (non-hydrogen) atoms. The van der Waals surface area contributed by atoms with Gasteiger partial charge in [-0.1, -0.05) is 6.08 Å². The first-order valence-corrected chi connectivity index (χ1v) is 4.82. The standard InChI is InChI=1S/C11H18O/c1-5-8-9-6-7-11(8,4)12-10(9,2)3/h5,8-9H,1,6-7H2,2-4H3. The van der Waals surface area contributed by atoms with Crippen LogP contribution in [-0.2, 0) is 4.74 Å². The van der Waals surface area contributed by atoms with E-state index in [1.54, 1.807) is 0 Å². The Morgan fingerprint density at radius 2 is 2.08 bits per heavy atom. The largest absolute Gasteiger partial charge is 0.368 e. The number of rotatable bonds is 1. The molecular formula is C11H18O. The van der Waals surface area contributed by atoms with Crippen LogP contribution in [0.15, 0.2) is 12.7 Å². The fraction of sp³-hybridized carbons (Fsp3) is 0.818. The average molecular weight is 166 g/mol. The Labute approximate surface area is 74.8 Å². The van der Waals surface area contributed by atoms with Crippen molar-refractivity contribution < 1.29 is 4.74 Å². The summed E-state index contributed by atoms with van der Waals surface area (Å²) in [6.45, 7) is 10.6. The molecule has 2 bridgehead atoms. The highest BCUT2D eigenvalue weighted by atomic mass is 16.5. The van der Waals surface area contributed by atoms with Crippen LogP contribution in [0.25, 0.3) is 0 Å². The van der Waals surface area contributed by atoms with E-state index in [0.29, 0.717) is 11.8 Å². The van der Waals surface area contributed by atoms with E-state index in [1.165, 1.54) is 12.8 Å². The van der Waals surface area contributed by atoms with Crippen molar-refractivity contribution in [3.8, 4) is 0 Å². The van der Waals surface area contributed by atoms with Gasteiger partial charge in [0.1, 0.15) is 0 Å². The van der Waals surface area contributed by atoms with E-state index in [9.17, 15) is 0 Å². The topological polar surface area (TPSA) is 9.23 Å². The van der Waals surface area contributed by atoms with Crippen LogP contribution in [0, 0.1) is 11.8 Å². The zero-order valence-electron chi connectivity index (χ0n) is 8.26. The van der Waals surface area contributed by atoms with Crippen molar-refractivity contribution in [2.75, 3.05) is 0 Å². The fourth-order valence-electron chi connectivity index (χ4n) is 3.20. The van der Waals surface area contributed by atoms with Gasteiger partial charge < -0.3 is 4.74 Å². The second kappa shape index (κ2) is 2.14. The van der Waals surface area contributed by atoms with Gasteiger partial charge in [-0.05, 0) is 39.5 Å². The zero-order chi connectivity index (χ0) is 8.98. The van der Waals surface area contributed by atoms with Gasteiger partial charge in [-0.15, -0.1) is 6.58 Å². The second-order valence-corrected chi connectivity index (χ2v) is 4.92. The first-order chi connectivity index (χ1) is 5.49. The number of hydrogen-bond acceptors (Lipinski definition) is 1. The molecule has 1 aliphatic carbocycles.